The second-order valence-corrected chi connectivity index (χ2v) is 4.59. The second-order valence-electron chi connectivity index (χ2n) is 4.59. The van der Waals surface area contributed by atoms with Crippen LogP contribution in [-0.2, 0) is 9.59 Å². The summed E-state index contributed by atoms with van der Waals surface area (Å²) in [6.07, 6.45) is 6.77. The summed E-state index contributed by atoms with van der Waals surface area (Å²) >= 11 is 0. The van der Waals surface area contributed by atoms with Crippen LogP contribution in [0.2, 0.25) is 0 Å². The summed E-state index contributed by atoms with van der Waals surface area (Å²) in [6.45, 7) is 1.38. The summed E-state index contributed by atoms with van der Waals surface area (Å²) in [7, 11) is 0. The molecule has 21 heavy (non-hydrogen) atoms. The van der Waals surface area contributed by atoms with Gasteiger partial charge >= 0.3 is 0 Å². The minimum absolute atomic E-state index is 0.286. The van der Waals surface area contributed by atoms with Crippen molar-refractivity contribution in [3.05, 3.63) is 36.1 Å². The van der Waals surface area contributed by atoms with Crippen LogP contribution in [0.5, 0.6) is 11.6 Å². The lowest BCUT2D eigenvalue weighted by molar-refractivity contribution is -0.139. The van der Waals surface area contributed by atoms with Crippen LogP contribution in [0.1, 0.15) is 12.1 Å². The molecular formula is C15H14N2O4. The molecule has 0 unspecified atom stereocenters. The van der Waals surface area contributed by atoms with Gasteiger partial charge in [0.05, 0.1) is 5.69 Å². The maximum atomic E-state index is 12.0. The molecule has 0 saturated carbocycles. The zero-order chi connectivity index (χ0) is 14.7. The normalized spacial score (nSPS) is 17.3. The Bertz CT molecular complexity index is 637. The molecule has 3 heterocycles. The number of carbonyl (C=O) groups is 2. The van der Waals surface area contributed by atoms with Crippen LogP contribution in [0, 0.1) is 0 Å². The molecule has 0 aromatic carbocycles. The molecule has 0 spiro atoms. The molecule has 0 radical (unpaired) electrons. The van der Waals surface area contributed by atoms with Crippen LogP contribution < -0.4 is 9.47 Å². The maximum Gasteiger partial charge on any atom is 0.257 e. The van der Waals surface area contributed by atoms with E-state index < -0.39 is 0 Å². The van der Waals surface area contributed by atoms with Gasteiger partial charge in [0, 0.05) is 12.6 Å². The number of hydrogen-bond donors (Lipinski definition) is 0. The lowest BCUT2D eigenvalue weighted by atomic mass is 10.2. The molecule has 1 aromatic rings. The first-order valence-electron chi connectivity index (χ1n) is 6.71. The van der Waals surface area contributed by atoms with Gasteiger partial charge in [0.25, 0.3) is 17.7 Å². The van der Waals surface area contributed by atoms with Crippen molar-refractivity contribution in [2.24, 2.45) is 0 Å². The number of hydrogen-bond acceptors (Lipinski definition) is 5. The van der Waals surface area contributed by atoms with Gasteiger partial charge in [0.2, 0.25) is 0 Å². The molecule has 0 atom stereocenters. The number of pyridine rings is 1. The third-order valence-corrected chi connectivity index (χ3v) is 3.14. The Balaban J connectivity index is 1.72. The van der Waals surface area contributed by atoms with Crippen LogP contribution in [-0.4, -0.2) is 41.5 Å². The molecule has 2 aliphatic heterocycles. The van der Waals surface area contributed by atoms with E-state index >= 15 is 0 Å². The minimum atomic E-state index is -0.346. The molecule has 0 fully saturated rings. The van der Waals surface area contributed by atoms with E-state index in [4.69, 9.17) is 9.47 Å². The zero-order valence-corrected chi connectivity index (χ0v) is 11.3. The molecule has 2 aliphatic rings. The summed E-state index contributed by atoms with van der Waals surface area (Å²) < 4.78 is 10.7. The number of fused-ring (bicyclic) bond motifs is 1. The van der Waals surface area contributed by atoms with Crippen molar-refractivity contribution < 1.29 is 19.1 Å². The van der Waals surface area contributed by atoms with E-state index in [9.17, 15) is 9.59 Å². The SMILES string of the molecule is O=C1C=CCCN1C(=O)/C=C/c1ccc2c(n1)OCCO2. The van der Waals surface area contributed by atoms with Crippen LogP contribution in [0.25, 0.3) is 6.08 Å². The summed E-state index contributed by atoms with van der Waals surface area (Å²) in [5.41, 5.74) is 0.576. The molecule has 108 valence electrons. The highest BCUT2D eigenvalue weighted by atomic mass is 16.6. The number of nitrogens with zero attached hydrogens (tertiary/aromatic N) is 2. The maximum absolute atomic E-state index is 12.0. The van der Waals surface area contributed by atoms with Gasteiger partial charge in [-0.1, -0.05) is 6.08 Å². The van der Waals surface area contributed by atoms with Gasteiger partial charge in [-0.15, -0.1) is 0 Å². The first-order valence-corrected chi connectivity index (χ1v) is 6.71. The number of amides is 2. The molecule has 0 aliphatic carbocycles. The van der Waals surface area contributed by atoms with E-state index in [0.29, 0.717) is 43.5 Å². The summed E-state index contributed by atoms with van der Waals surface area (Å²) in [6, 6.07) is 3.48. The summed E-state index contributed by atoms with van der Waals surface area (Å²) in [5, 5.41) is 0. The van der Waals surface area contributed by atoms with Gasteiger partial charge in [-0.25, -0.2) is 4.98 Å². The molecule has 0 saturated heterocycles. The van der Waals surface area contributed by atoms with Crippen molar-refractivity contribution in [1.82, 2.24) is 9.88 Å². The Labute approximate surface area is 121 Å². The average molecular weight is 286 g/mol. The molecule has 2 amide bonds. The van der Waals surface area contributed by atoms with Gasteiger partial charge in [-0.05, 0) is 30.7 Å². The van der Waals surface area contributed by atoms with Gasteiger partial charge in [0.1, 0.15) is 13.2 Å². The largest absolute Gasteiger partial charge is 0.484 e. The van der Waals surface area contributed by atoms with E-state index in [0.717, 1.165) is 0 Å². The molecule has 3 rings (SSSR count). The third-order valence-electron chi connectivity index (χ3n) is 3.14. The Morgan fingerprint density at radius 1 is 1.29 bits per heavy atom. The van der Waals surface area contributed by atoms with Crippen molar-refractivity contribution in [2.75, 3.05) is 19.8 Å². The van der Waals surface area contributed by atoms with Gasteiger partial charge in [-0.2, -0.15) is 0 Å². The Hall–Kier alpha value is -2.63. The van der Waals surface area contributed by atoms with Crippen LogP contribution in [0.3, 0.4) is 0 Å². The minimum Gasteiger partial charge on any atom is -0.484 e. The zero-order valence-electron chi connectivity index (χ0n) is 11.3. The number of rotatable bonds is 2. The van der Waals surface area contributed by atoms with E-state index in [1.807, 2.05) is 0 Å². The molecule has 0 N–H and O–H groups in total. The molecule has 0 bridgehead atoms. The highest BCUT2D eigenvalue weighted by molar-refractivity contribution is 6.06. The highest BCUT2D eigenvalue weighted by Gasteiger charge is 2.19. The topological polar surface area (TPSA) is 68.7 Å². The van der Waals surface area contributed by atoms with Crippen LogP contribution >= 0.6 is 0 Å². The van der Waals surface area contributed by atoms with Crippen molar-refractivity contribution in [3.63, 3.8) is 0 Å². The monoisotopic (exact) mass is 286 g/mol. The molecule has 6 heteroatoms. The van der Waals surface area contributed by atoms with Gasteiger partial charge in [0.15, 0.2) is 5.75 Å². The average Bonchev–Trinajstić information content (AvgIpc) is 2.53. The number of carbonyl (C=O) groups excluding carboxylic acids is 2. The van der Waals surface area contributed by atoms with Crippen molar-refractivity contribution in [3.8, 4) is 11.6 Å². The Morgan fingerprint density at radius 2 is 2.14 bits per heavy atom. The molecular weight excluding hydrogens is 272 g/mol. The fourth-order valence-corrected chi connectivity index (χ4v) is 2.09. The van der Waals surface area contributed by atoms with Crippen molar-refractivity contribution >= 4 is 17.9 Å². The number of aromatic nitrogens is 1. The van der Waals surface area contributed by atoms with E-state index in [1.54, 1.807) is 24.3 Å². The third kappa shape index (κ3) is 2.94. The predicted octanol–water partition coefficient (Wildman–Crippen LogP) is 1.18. The first kappa shape index (κ1) is 13.4. The summed E-state index contributed by atoms with van der Waals surface area (Å²) in [4.78, 5) is 29.0. The van der Waals surface area contributed by atoms with Crippen molar-refractivity contribution in [1.29, 1.82) is 0 Å². The fraction of sp³-hybridized carbons (Fsp3) is 0.267. The number of imide groups is 1. The van der Waals surface area contributed by atoms with E-state index in [1.165, 1.54) is 17.1 Å². The van der Waals surface area contributed by atoms with Crippen LogP contribution in [0.15, 0.2) is 30.4 Å². The summed E-state index contributed by atoms with van der Waals surface area (Å²) in [5.74, 6) is 0.390. The first-order chi connectivity index (χ1) is 10.2. The predicted molar refractivity (Wildman–Crippen MR) is 74.7 cm³/mol. The van der Waals surface area contributed by atoms with Crippen LogP contribution in [0.4, 0.5) is 0 Å². The smallest absolute Gasteiger partial charge is 0.257 e. The molecule has 1 aromatic heterocycles. The lowest BCUT2D eigenvalue weighted by Crippen LogP contribution is -2.37. The highest BCUT2D eigenvalue weighted by Crippen LogP contribution is 2.27. The Morgan fingerprint density at radius 3 is 3.00 bits per heavy atom. The molecule has 6 nitrogen and oxygen atoms in total. The standard InChI is InChI=1S/C15H14N2O4/c18-13-3-1-2-8-17(13)14(19)7-5-11-4-6-12-15(16-11)21-10-9-20-12/h1,3-7H,2,8-10H2/b7-5+. The van der Waals surface area contributed by atoms with Gasteiger partial charge in [-0.3, -0.25) is 14.5 Å². The second kappa shape index (κ2) is 5.78. The fourth-order valence-electron chi connectivity index (χ4n) is 2.09. The lowest BCUT2D eigenvalue weighted by Gasteiger charge is -2.19. The van der Waals surface area contributed by atoms with E-state index in [-0.39, 0.29) is 11.8 Å². The Kier molecular flexibility index (Phi) is 3.68. The van der Waals surface area contributed by atoms with Crippen molar-refractivity contribution in [2.45, 2.75) is 6.42 Å². The quantitative estimate of drug-likeness (QED) is 0.764. The van der Waals surface area contributed by atoms with Gasteiger partial charge < -0.3 is 9.47 Å². The van der Waals surface area contributed by atoms with E-state index in [2.05, 4.69) is 4.98 Å². The number of ether oxygens (including phenoxy) is 2.